The molecule has 0 heterocycles. The first-order chi connectivity index (χ1) is 9.54. The number of thiocarbonyl (C=S) groups is 1. The van der Waals surface area contributed by atoms with Crippen molar-refractivity contribution in [2.45, 2.75) is 38.6 Å². The Hall–Kier alpha value is -0.800. The first kappa shape index (κ1) is 14.2. The Kier molecular flexibility index (Phi) is 3.91. The smallest absolute Gasteiger partial charge is 0.106 e. The molecule has 4 heteroatoms. The molecule has 2 nitrogen and oxygen atoms in total. The van der Waals surface area contributed by atoms with Crippen molar-refractivity contribution in [3.63, 3.8) is 0 Å². The molecule has 0 aromatic heterocycles. The molecule has 0 spiro atoms. The van der Waals surface area contributed by atoms with E-state index in [2.05, 4.69) is 12.2 Å². The van der Waals surface area contributed by atoms with Crippen LogP contribution in [0, 0.1) is 17.8 Å². The molecule has 4 unspecified atom stereocenters. The average molecular weight is 309 g/mol. The summed E-state index contributed by atoms with van der Waals surface area (Å²) in [5, 5.41) is 4.29. The van der Waals surface area contributed by atoms with E-state index in [-0.39, 0.29) is 0 Å². The zero-order valence-electron chi connectivity index (χ0n) is 11.7. The van der Waals surface area contributed by atoms with Gasteiger partial charge in [-0.3, -0.25) is 0 Å². The molecule has 2 saturated carbocycles. The Morgan fingerprint density at radius 2 is 2.20 bits per heavy atom. The van der Waals surface area contributed by atoms with E-state index in [0.717, 1.165) is 29.0 Å². The lowest BCUT2D eigenvalue weighted by atomic mass is 9.84. The summed E-state index contributed by atoms with van der Waals surface area (Å²) in [5.41, 5.74) is 7.67. The van der Waals surface area contributed by atoms with Crippen molar-refractivity contribution in [3.8, 4) is 0 Å². The number of hydrogen-bond donors (Lipinski definition) is 2. The van der Waals surface area contributed by atoms with Crippen LogP contribution in [0.2, 0.25) is 5.02 Å². The third-order valence-electron chi connectivity index (χ3n) is 5.07. The standard InChI is InChI=1S/C16H21ClN2S/c1-9(13-7-10-2-3-11(13)6-10)19-15-5-4-12(17)8-14(15)16(18)20/h4-5,8-11,13,19H,2-3,6-7H2,1H3,(H2,18,20). The summed E-state index contributed by atoms with van der Waals surface area (Å²) in [6, 6.07) is 6.18. The molecule has 1 aromatic rings. The third-order valence-corrected chi connectivity index (χ3v) is 5.52. The molecule has 2 bridgehead atoms. The highest BCUT2D eigenvalue weighted by Gasteiger charge is 2.41. The van der Waals surface area contributed by atoms with Crippen LogP contribution < -0.4 is 11.1 Å². The van der Waals surface area contributed by atoms with Crippen molar-refractivity contribution >= 4 is 34.5 Å². The molecule has 20 heavy (non-hydrogen) atoms. The number of halogens is 1. The van der Waals surface area contributed by atoms with Gasteiger partial charge in [-0.2, -0.15) is 0 Å². The Bertz CT molecular complexity index is 531. The topological polar surface area (TPSA) is 38.0 Å². The summed E-state index contributed by atoms with van der Waals surface area (Å²) in [4.78, 5) is 0.398. The third kappa shape index (κ3) is 2.66. The Labute approximate surface area is 131 Å². The molecule has 2 fully saturated rings. The summed E-state index contributed by atoms with van der Waals surface area (Å²) in [6.45, 7) is 2.28. The molecular formula is C16H21ClN2S. The van der Waals surface area contributed by atoms with Crippen molar-refractivity contribution in [3.05, 3.63) is 28.8 Å². The van der Waals surface area contributed by atoms with Gasteiger partial charge in [0, 0.05) is 22.3 Å². The quantitative estimate of drug-likeness (QED) is 0.818. The highest BCUT2D eigenvalue weighted by Crippen LogP contribution is 2.49. The van der Waals surface area contributed by atoms with Gasteiger partial charge in [-0.05, 0) is 62.1 Å². The Morgan fingerprint density at radius 3 is 2.80 bits per heavy atom. The summed E-state index contributed by atoms with van der Waals surface area (Å²) in [5.74, 6) is 2.65. The predicted molar refractivity (Wildman–Crippen MR) is 89.4 cm³/mol. The van der Waals surface area contributed by atoms with Crippen LogP contribution in [0.1, 0.15) is 38.2 Å². The molecule has 0 saturated heterocycles. The fourth-order valence-corrected chi connectivity index (χ4v) is 4.45. The number of nitrogens with one attached hydrogen (secondary N) is 1. The van der Waals surface area contributed by atoms with E-state index < -0.39 is 0 Å². The van der Waals surface area contributed by atoms with Crippen LogP contribution in [0.5, 0.6) is 0 Å². The highest BCUT2D eigenvalue weighted by atomic mass is 35.5. The molecule has 0 amide bonds. The van der Waals surface area contributed by atoms with E-state index in [4.69, 9.17) is 29.6 Å². The number of fused-ring (bicyclic) bond motifs is 2. The van der Waals surface area contributed by atoms with Crippen LogP contribution in [-0.4, -0.2) is 11.0 Å². The van der Waals surface area contributed by atoms with Gasteiger partial charge >= 0.3 is 0 Å². The lowest BCUT2D eigenvalue weighted by molar-refractivity contribution is 0.304. The molecule has 0 aliphatic heterocycles. The van der Waals surface area contributed by atoms with Crippen LogP contribution in [0.15, 0.2) is 18.2 Å². The van der Waals surface area contributed by atoms with E-state index in [1.165, 1.54) is 25.7 Å². The monoisotopic (exact) mass is 308 g/mol. The summed E-state index contributed by atoms with van der Waals surface area (Å²) in [6.07, 6.45) is 5.64. The molecule has 4 atom stereocenters. The van der Waals surface area contributed by atoms with Crippen LogP contribution in [0.3, 0.4) is 0 Å². The first-order valence-corrected chi connectivity index (χ1v) is 8.19. The summed E-state index contributed by atoms with van der Waals surface area (Å²) >= 11 is 11.2. The normalized spacial score (nSPS) is 29.4. The van der Waals surface area contributed by atoms with Crippen LogP contribution in [0.25, 0.3) is 0 Å². The lowest BCUT2D eigenvalue weighted by Gasteiger charge is -2.30. The molecule has 1 aromatic carbocycles. The van der Waals surface area contributed by atoms with Crippen LogP contribution in [-0.2, 0) is 0 Å². The average Bonchev–Trinajstić information content (AvgIpc) is 3.03. The maximum Gasteiger partial charge on any atom is 0.106 e. The fourth-order valence-electron chi connectivity index (χ4n) is 4.10. The van der Waals surface area contributed by atoms with E-state index in [0.29, 0.717) is 16.1 Å². The molecule has 3 rings (SSSR count). The zero-order valence-corrected chi connectivity index (χ0v) is 13.3. The summed E-state index contributed by atoms with van der Waals surface area (Å²) < 4.78 is 0. The second-order valence-electron chi connectivity index (χ2n) is 6.33. The minimum absolute atomic E-state index is 0.398. The van der Waals surface area contributed by atoms with Crippen molar-refractivity contribution in [2.75, 3.05) is 5.32 Å². The highest BCUT2D eigenvalue weighted by molar-refractivity contribution is 7.80. The largest absolute Gasteiger partial charge is 0.389 e. The summed E-state index contributed by atoms with van der Waals surface area (Å²) in [7, 11) is 0. The molecule has 2 aliphatic carbocycles. The number of nitrogens with two attached hydrogens (primary N) is 1. The van der Waals surface area contributed by atoms with E-state index in [9.17, 15) is 0 Å². The molecular weight excluding hydrogens is 288 g/mol. The number of anilines is 1. The van der Waals surface area contributed by atoms with Crippen LogP contribution >= 0.6 is 23.8 Å². The molecule has 108 valence electrons. The number of rotatable bonds is 4. The lowest BCUT2D eigenvalue weighted by Crippen LogP contribution is -2.30. The zero-order chi connectivity index (χ0) is 14.3. The van der Waals surface area contributed by atoms with Crippen molar-refractivity contribution in [2.24, 2.45) is 23.5 Å². The SMILES string of the molecule is CC(Nc1ccc(Cl)cc1C(N)=S)C1CC2CCC1C2. The van der Waals surface area contributed by atoms with Crippen molar-refractivity contribution in [1.29, 1.82) is 0 Å². The van der Waals surface area contributed by atoms with Gasteiger partial charge in [0.2, 0.25) is 0 Å². The fraction of sp³-hybridized carbons (Fsp3) is 0.562. The van der Waals surface area contributed by atoms with Gasteiger partial charge in [-0.1, -0.05) is 30.2 Å². The minimum Gasteiger partial charge on any atom is -0.389 e. The minimum atomic E-state index is 0.398. The van der Waals surface area contributed by atoms with Gasteiger partial charge in [0.1, 0.15) is 4.99 Å². The maximum atomic E-state index is 6.03. The van der Waals surface area contributed by atoms with Crippen LogP contribution in [0.4, 0.5) is 5.69 Å². The van der Waals surface area contributed by atoms with Crippen molar-refractivity contribution in [1.82, 2.24) is 0 Å². The van der Waals surface area contributed by atoms with Gasteiger partial charge in [0.25, 0.3) is 0 Å². The van der Waals surface area contributed by atoms with Crippen molar-refractivity contribution < 1.29 is 0 Å². The maximum absolute atomic E-state index is 6.03. The van der Waals surface area contributed by atoms with Gasteiger partial charge in [-0.25, -0.2) is 0 Å². The second-order valence-corrected chi connectivity index (χ2v) is 7.20. The number of benzene rings is 1. The van der Waals surface area contributed by atoms with E-state index in [1.54, 1.807) is 0 Å². The van der Waals surface area contributed by atoms with E-state index >= 15 is 0 Å². The van der Waals surface area contributed by atoms with Gasteiger partial charge in [0.15, 0.2) is 0 Å². The number of hydrogen-bond acceptors (Lipinski definition) is 2. The second kappa shape index (κ2) is 5.53. The first-order valence-electron chi connectivity index (χ1n) is 7.40. The molecule has 0 radical (unpaired) electrons. The van der Waals surface area contributed by atoms with Gasteiger partial charge < -0.3 is 11.1 Å². The molecule has 3 N–H and O–H groups in total. The molecule has 2 aliphatic rings. The van der Waals surface area contributed by atoms with Gasteiger partial charge in [-0.15, -0.1) is 0 Å². The predicted octanol–water partition coefficient (Wildman–Crippen LogP) is 4.21. The Balaban J connectivity index is 1.76. The van der Waals surface area contributed by atoms with E-state index in [1.807, 2.05) is 18.2 Å². The van der Waals surface area contributed by atoms with Gasteiger partial charge in [0.05, 0.1) is 0 Å². The Morgan fingerprint density at radius 1 is 1.40 bits per heavy atom.